The van der Waals surface area contributed by atoms with Gasteiger partial charge in [0.1, 0.15) is 5.76 Å². The lowest BCUT2D eigenvalue weighted by molar-refractivity contribution is -0.121. The zero-order chi connectivity index (χ0) is 19.2. The van der Waals surface area contributed by atoms with Crippen LogP contribution < -0.4 is 11.1 Å². The molecule has 3 N–H and O–H groups in total. The van der Waals surface area contributed by atoms with Gasteiger partial charge in [0.25, 0.3) is 5.91 Å². The Bertz CT molecular complexity index is 635. The summed E-state index contributed by atoms with van der Waals surface area (Å²) in [5.74, 6) is 1.15. The summed E-state index contributed by atoms with van der Waals surface area (Å²) in [4.78, 5) is 26.6. The maximum absolute atomic E-state index is 13.0. The third kappa shape index (κ3) is 5.29. The first-order valence-corrected chi connectivity index (χ1v) is 9.88. The van der Waals surface area contributed by atoms with Gasteiger partial charge in [0.05, 0.1) is 6.61 Å². The largest absolute Gasteiger partial charge is 0.383 e. The fraction of sp³-hybridized carbons (Fsp3) is 0.737. The van der Waals surface area contributed by atoms with Gasteiger partial charge in [-0.15, -0.1) is 0 Å². The Balaban J connectivity index is 1.59. The average molecular weight is 378 g/mol. The molecule has 2 aliphatic carbocycles. The van der Waals surface area contributed by atoms with Crippen molar-refractivity contribution in [2.24, 2.45) is 5.73 Å². The average Bonchev–Trinajstić information content (AvgIpc) is 3.40. The van der Waals surface area contributed by atoms with E-state index in [0.717, 1.165) is 44.3 Å². The number of ether oxygens (including phenoxy) is 1. The molecular formula is C19H30N4O4. The number of carbonyl (C=O) groups excluding carboxylic acids is 2. The molecule has 0 bridgehead atoms. The van der Waals surface area contributed by atoms with E-state index in [4.69, 9.17) is 15.0 Å². The molecule has 0 aliphatic heterocycles. The second-order valence-electron chi connectivity index (χ2n) is 7.49. The molecule has 0 spiro atoms. The first kappa shape index (κ1) is 19.8. The highest BCUT2D eigenvalue weighted by Gasteiger charge is 2.33. The summed E-state index contributed by atoms with van der Waals surface area (Å²) in [6.07, 6.45) is 5.96. The number of nitrogens with zero attached hydrogens (tertiary/aromatic N) is 2. The monoisotopic (exact) mass is 378 g/mol. The fourth-order valence-corrected chi connectivity index (χ4v) is 3.70. The number of carbonyl (C=O) groups is 2. The summed E-state index contributed by atoms with van der Waals surface area (Å²) in [6, 6.07) is 2.07. The van der Waals surface area contributed by atoms with Crippen molar-refractivity contribution in [3.63, 3.8) is 0 Å². The van der Waals surface area contributed by atoms with Crippen LogP contribution in [0.5, 0.6) is 0 Å². The molecule has 1 aromatic rings. The van der Waals surface area contributed by atoms with Gasteiger partial charge in [-0.25, -0.2) is 0 Å². The van der Waals surface area contributed by atoms with Crippen molar-refractivity contribution in [1.29, 1.82) is 0 Å². The van der Waals surface area contributed by atoms with Crippen molar-refractivity contribution < 1.29 is 18.8 Å². The summed E-state index contributed by atoms with van der Waals surface area (Å²) in [5, 5.41) is 7.03. The second-order valence-corrected chi connectivity index (χ2v) is 7.49. The Hall–Kier alpha value is -1.93. The summed E-state index contributed by atoms with van der Waals surface area (Å²) < 4.78 is 10.5. The summed E-state index contributed by atoms with van der Waals surface area (Å²) in [7, 11) is 1.63. The van der Waals surface area contributed by atoms with Crippen LogP contribution in [-0.2, 0) is 9.53 Å². The lowest BCUT2D eigenvalue weighted by Crippen LogP contribution is -2.47. The molecule has 0 saturated heterocycles. The fourth-order valence-electron chi connectivity index (χ4n) is 3.70. The van der Waals surface area contributed by atoms with Crippen LogP contribution in [-0.4, -0.2) is 60.8 Å². The normalized spacial score (nSPS) is 22.4. The van der Waals surface area contributed by atoms with Gasteiger partial charge in [0.2, 0.25) is 5.91 Å². The number of rotatable bonds is 9. The van der Waals surface area contributed by atoms with E-state index in [1.165, 1.54) is 0 Å². The molecule has 2 aliphatic rings. The van der Waals surface area contributed by atoms with Crippen molar-refractivity contribution in [1.82, 2.24) is 15.4 Å². The summed E-state index contributed by atoms with van der Waals surface area (Å²) in [6.45, 7) is 1.36. The smallest absolute Gasteiger partial charge is 0.276 e. The number of nitrogens with one attached hydrogen (secondary N) is 1. The molecule has 0 aromatic carbocycles. The van der Waals surface area contributed by atoms with E-state index >= 15 is 0 Å². The molecule has 0 radical (unpaired) electrons. The molecule has 0 atom stereocenters. The Kier molecular flexibility index (Phi) is 6.84. The minimum Gasteiger partial charge on any atom is -0.383 e. The highest BCUT2D eigenvalue weighted by molar-refractivity contribution is 5.92. The zero-order valence-corrected chi connectivity index (χ0v) is 16.0. The maximum atomic E-state index is 13.0. The lowest BCUT2D eigenvalue weighted by Gasteiger charge is -2.36. The van der Waals surface area contributed by atoms with Crippen LogP contribution in [0, 0.1) is 0 Å². The first-order chi connectivity index (χ1) is 13.1. The topological polar surface area (TPSA) is 111 Å². The molecule has 2 fully saturated rings. The van der Waals surface area contributed by atoms with E-state index in [1.54, 1.807) is 13.2 Å². The van der Waals surface area contributed by atoms with Crippen molar-refractivity contribution >= 4 is 11.8 Å². The van der Waals surface area contributed by atoms with E-state index in [9.17, 15) is 9.59 Å². The van der Waals surface area contributed by atoms with Crippen molar-refractivity contribution in [3.8, 4) is 0 Å². The number of methoxy groups -OCH3 is 1. The Labute approximate surface area is 159 Å². The standard InChI is InChI=1S/C19H30N4O4/c1-26-11-10-23(19(25)16-12-17(27-22-16)13-2-3-13)15-6-4-14(5-7-15)21-18(24)8-9-20/h12-15H,2-11,20H2,1H3,(H,21,24). The molecule has 8 heteroatoms. The molecule has 3 rings (SSSR count). The van der Waals surface area contributed by atoms with Crippen LogP contribution in [0.2, 0.25) is 0 Å². The van der Waals surface area contributed by atoms with E-state index in [1.807, 2.05) is 4.90 Å². The minimum atomic E-state index is -0.0988. The molecule has 2 amide bonds. The lowest BCUT2D eigenvalue weighted by atomic mass is 9.89. The maximum Gasteiger partial charge on any atom is 0.276 e. The number of amides is 2. The summed E-state index contributed by atoms with van der Waals surface area (Å²) in [5.41, 5.74) is 5.81. The van der Waals surface area contributed by atoms with Crippen LogP contribution in [0.3, 0.4) is 0 Å². The Morgan fingerprint density at radius 3 is 2.67 bits per heavy atom. The first-order valence-electron chi connectivity index (χ1n) is 9.88. The van der Waals surface area contributed by atoms with Gasteiger partial charge in [0, 0.05) is 50.7 Å². The number of hydrogen-bond acceptors (Lipinski definition) is 6. The van der Waals surface area contributed by atoms with Crippen molar-refractivity contribution in [2.75, 3.05) is 26.8 Å². The number of aromatic nitrogens is 1. The third-order valence-electron chi connectivity index (χ3n) is 5.40. The van der Waals surface area contributed by atoms with Crippen LogP contribution in [0.4, 0.5) is 0 Å². The second kappa shape index (κ2) is 9.32. The third-order valence-corrected chi connectivity index (χ3v) is 5.40. The van der Waals surface area contributed by atoms with E-state index < -0.39 is 0 Å². The Morgan fingerprint density at radius 2 is 2.04 bits per heavy atom. The predicted molar refractivity (Wildman–Crippen MR) is 99.2 cm³/mol. The quantitative estimate of drug-likeness (QED) is 0.672. The Morgan fingerprint density at radius 1 is 1.30 bits per heavy atom. The van der Waals surface area contributed by atoms with Gasteiger partial charge in [0.15, 0.2) is 5.69 Å². The van der Waals surface area contributed by atoms with Crippen LogP contribution in [0.15, 0.2) is 10.6 Å². The molecule has 150 valence electrons. The van der Waals surface area contributed by atoms with Crippen molar-refractivity contribution in [2.45, 2.75) is 62.9 Å². The number of hydrogen-bond donors (Lipinski definition) is 2. The SMILES string of the molecule is COCCN(C(=O)c1cc(C2CC2)on1)C1CCC(NC(=O)CCN)CC1. The van der Waals surface area contributed by atoms with Gasteiger partial charge in [-0.05, 0) is 38.5 Å². The number of nitrogens with two attached hydrogens (primary N) is 1. The van der Waals surface area contributed by atoms with E-state index in [0.29, 0.717) is 37.7 Å². The van der Waals surface area contributed by atoms with Crippen LogP contribution in [0.25, 0.3) is 0 Å². The zero-order valence-electron chi connectivity index (χ0n) is 16.0. The van der Waals surface area contributed by atoms with Crippen LogP contribution >= 0.6 is 0 Å². The molecule has 0 unspecified atom stereocenters. The highest BCUT2D eigenvalue weighted by atomic mass is 16.5. The molecule has 8 nitrogen and oxygen atoms in total. The molecule has 1 aromatic heterocycles. The predicted octanol–water partition coefficient (Wildman–Crippen LogP) is 1.42. The minimum absolute atomic E-state index is 0.00321. The molecule has 2 saturated carbocycles. The van der Waals surface area contributed by atoms with Gasteiger partial charge in [-0.2, -0.15) is 0 Å². The van der Waals surface area contributed by atoms with Gasteiger partial charge in [-0.3, -0.25) is 9.59 Å². The molecule has 27 heavy (non-hydrogen) atoms. The molecule has 1 heterocycles. The van der Waals surface area contributed by atoms with Gasteiger partial charge in [-0.1, -0.05) is 5.16 Å². The van der Waals surface area contributed by atoms with Crippen LogP contribution in [0.1, 0.15) is 67.1 Å². The van der Waals surface area contributed by atoms with E-state index in [-0.39, 0.29) is 23.9 Å². The van der Waals surface area contributed by atoms with Gasteiger partial charge < -0.3 is 25.2 Å². The highest BCUT2D eigenvalue weighted by Crippen LogP contribution is 2.40. The van der Waals surface area contributed by atoms with Gasteiger partial charge >= 0.3 is 0 Å². The van der Waals surface area contributed by atoms with Crippen molar-refractivity contribution in [3.05, 3.63) is 17.5 Å². The van der Waals surface area contributed by atoms with E-state index in [2.05, 4.69) is 10.5 Å². The molecular weight excluding hydrogens is 348 g/mol. The summed E-state index contributed by atoms with van der Waals surface area (Å²) >= 11 is 0.